The van der Waals surface area contributed by atoms with E-state index in [1.54, 1.807) is 60.0 Å². The fourth-order valence-corrected chi connectivity index (χ4v) is 4.88. The highest BCUT2D eigenvalue weighted by molar-refractivity contribution is 6.06. The quantitative estimate of drug-likeness (QED) is 0.162. The first-order valence-electron chi connectivity index (χ1n) is 13.1. The third-order valence-electron chi connectivity index (χ3n) is 6.88. The van der Waals surface area contributed by atoms with Crippen LogP contribution in [0.4, 0.5) is 13.2 Å². The average molecular weight is 566 g/mol. The summed E-state index contributed by atoms with van der Waals surface area (Å²) in [7, 11) is 0. The summed E-state index contributed by atoms with van der Waals surface area (Å²) in [5, 5.41) is 0.140. The molecule has 0 spiro atoms. The van der Waals surface area contributed by atoms with Gasteiger partial charge in [0.25, 0.3) is 0 Å². The Morgan fingerprint density at radius 1 is 0.762 bits per heavy atom. The summed E-state index contributed by atoms with van der Waals surface area (Å²) in [5.41, 5.74) is 2.86. The van der Waals surface area contributed by atoms with Gasteiger partial charge in [-0.15, -0.1) is 0 Å². The summed E-state index contributed by atoms with van der Waals surface area (Å²) in [6.07, 6.45) is 1.43. The first-order chi connectivity index (χ1) is 20.3. The average Bonchev–Trinajstić information content (AvgIpc) is 2.99. The lowest BCUT2D eigenvalue weighted by Gasteiger charge is -2.16. The van der Waals surface area contributed by atoms with Crippen LogP contribution in [0.3, 0.4) is 0 Å². The number of pyridine rings is 1. The zero-order valence-electron chi connectivity index (χ0n) is 22.3. The Balaban J connectivity index is 1.67. The second kappa shape index (κ2) is 10.9. The van der Waals surface area contributed by atoms with E-state index in [9.17, 15) is 22.8 Å². The first-order valence-corrected chi connectivity index (χ1v) is 13.1. The molecule has 0 N–H and O–H groups in total. The second-order valence-electron chi connectivity index (χ2n) is 9.61. The van der Waals surface area contributed by atoms with Crippen molar-refractivity contribution < 1.29 is 22.7 Å². The van der Waals surface area contributed by atoms with Crippen molar-refractivity contribution in [2.75, 3.05) is 6.61 Å². The predicted molar refractivity (Wildman–Crippen MR) is 154 cm³/mol. The van der Waals surface area contributed by atoms with Crippen LogP contribution in [0.5, 0.6) is 0 Å². The molecular formula is C33H22F3N3O3. The van der Waals surface area contributed by atoms with E-state index in [0.29, 0.717) is 33.5 Å². The molecule has 2 aromatic heterocycles. The van der Waals surface area contributed by atoms with Crippen molar-refractivity contribution in [2.24, 2.45) is 0 Å². The van der Waals surface area contributed by atoms with E-state index >= 15 is 0 Å². The van der Waals surface area contributed by atoms with Gasteiger partial charge in [0.05, 0.1) is 34.4 Å². The number of aromatic nitrogens is 3. The monoisotopic (exact) mass is 565 g/mol. The number of ether oxygens (including phenoxy) is 1. The molecular weight excluding hydrogens is 543 g/mol. The van der Waals surface area contributed by atoms with E-state index in [4.69, 9.17) is 14.7 Å². The van der Waals surface area contributed by atoms with Crippen molar-refractivity contribution in [2.45, 2.75) is 13.5 Å². The summed E-state index contributed by atoms with van der Waals surface area (Å²) >= 11 is 0. The highest BCUT2D eigenvalue weighted by atomic mass is 19.1. The van der Waals surface area contributed by atoms with Gasteiger partial charge in [-0.05, 0) is 85.3 Å². The minimum atomic E-state index is -0.788. The highest BCUT2D eigenvalue weighted by Gasteiger charge is 2.22. The maximum absolute atomic E-state index is 13.9. The topological polar surface area (TPSA) is 74.1 Å². The van der Waals surface area contributed by atoms with E-state index in [-0.39, 0.29) is 35.4 Å². The smallest absolute Gasteiger partial charge is 0.343 e. The fourth-order valence-electron chi connectivity index (χ4n) is 4.88. The van der Waals surface area contributed by atoms with Crippen LogP contribution in [0.2, 0.25) is 0 Å². The summed E-state index contributed by atoms with van der Waals surface area (Å²) in [5.74, 6) is -2.04. The predicted octanol–water partition coefficient (Wildman–Crippen LogP) is 6.92. The van der Waals surface area contributed by atoms with Crippen LogP contribution < -0.4 is 5.43 Å². The normalized spacial score (nSPS) is 11.2. The van der Waals surface area contributed by atoms with Gasteiger partial charge in [0.1, 0.15) is 28.5 Å². The van der Waals surface area contributed by atoms with Crippen molar-refractivity contribution >= 4 is 27.9 Å². The Kier molecular flexibility index (Phi) is 7.00. The van der Waals surface area contributed by atoms with Gasteiger partial charge in [-0.1, -0.05) is 12.1 Å². The molecule has 2 heterocycles. The Labute approximate surface area is 237 Å². The zero-order valence-corrected chi connectivity index (χ0v) is 22.3. The van der Waals surface area contributed by atoms with Crippen molar-refractivity contribution in [3.05, 3.63) is 130 Å². The third kappa shape index (κ3) is 5.01. The van der Waals surface area contributed by atoms with E-state index in [2.05, 4.69) is 0 Å². The van der Waals surface area contributed by atoms with Gasteiger partial charge in [-0.25, -0.2) is 27.9 Å². The molecule has 0 fully saturated rings. The van der Waals surface area contributed by atoms with Crippen LogP contribution in [0.25, 0.3) is 44.5 Å². The molecule has 6 nitrogen and oxygen atoms in total. The fraction of sp³-hybridized carbons (Fsp3) is 0.0909. The van der Waals surface area contributed by atoms with Gasteiger partial charge in [0.15, 0.2) is 0 Å². The molecule has 0 saturated heterocycles. The lowest BCUT2D eigenvalue weighted by Crippen LogP contribution is -2.21. The molecule has 6 rings (SSSR count). The van der Waals surface area contributed by atoms with Crippen LogP contribution >= 0.6 is 0 Å². The van der Waals surface area contributed by atoms with E-state index in [0.717, 1.165) is 5.56 Å². The van der Waals surface area contributed by atoms with E-state index < -0.39 is 23.0 Å². The Morgan fingerprint density at radius 3 is 1.88 bits per heavy atom. The van der Waals surface area contributed by atoms with Crippen LogP contribution in [0.1, 0.15) is 22.8 Å². The number of carbonyl (C=O) groups excluding carboxylic acids is 1. The molecule has 4 aromatic carbocycles. The van der Waals surface area contributed by atoms with Crippen molar-refractivity contribution in [3.63, 3.8) is 0 Å². The van der Waals surface area contributed by atoms with Crippen LogP contribution in [0, 0.1) is 17.5 Å². The van der Waals surface area contributed by atoms with Crippen molar-refractivity contribution in [1.29, 1.82) is 0 Å². The standard InChI is InChI=1S/C33H22F3N3O3/c1-2-42-33(41)25-18-39(17-19-3-9-22(34)10-4-19)27-16-15-26-31(28(27)32(25)40)38-30(21-7-13-24(36)14-8-21)29(37-26)20-5-11-23(35)12-6-20/h3-16,18H,2,17H2,1H3. The van der Waals surface area contributed by atoms with E-state index in [1.807, 2.05) is 0 Å². The lowest BCUT2D eigenvalue weighted by atomic mass is 10.0. The number of fused-ring (bicyclic) bond motifs is 3. The Morgan fingerprint density at radius 2 is 1.31 bits per heavy atom. The molecule has 0 aliphatic heterocycles. The minimum Gasteiger partial charge on any atom is -0.462 e. The maximum atomic E-state index is 13.9. The Bertz CT molecular complexity index is 2020. The van der Waals surface area contributed by atoms with Crippen molar-refractivity contribution in [1.82, 2.24) is 14.5 Å². The van der Waals surface area contributed by atoms with Gasteiger partial charge >= 0.3 is 5.97 Å². The molecule has 0 amide bonds. The summed E-state index contributed by atoms with van der Waals surface area (Å²) in [4.78, 5) is 36.5. The second-order valence-corrected chi connectivity index (χ2v) is 9.61. The number of benzene rings is 4. The van der Waals surface area contributed by atoms with Gasteiger partial charge in [0, 0.05) is 23.9 Å². The number of rotatable bonds is 6. The molecule has 0 unspecified atom stereocenters. The highest BCUT2D eigenvalue weighted by Crippen LogP contribution is 2.33. The van der Waals surface area contributed by atoms with Crippen LogP contribution in [-0.4, -0.2) is 27.1 Å². The number of carbonyl (C=O) groups is 1. The number of nitrogens with zero attached hydrogens (tertiary/aromatic N) is 3. The molecule has 0 atom stereocenters. The molecule has 0 aliphatic rings. The summed E-state index contributed by atoms with van der Waals surface area (Å²) in [6, 6.07) is 20.7. The first kappa shape index (κ1) is 26.9. The zero-order chi connectivity index (χ0) is 29.4. The van der Waals surface area contributed by atoms with Gasteiger partial charge in [-0.2, -0.15) is 0 Å². The minimum absolute atomic E-state index is 0.0688. The molecule has 0 aliphatic carbocycles. The summed E-state index contributed by atoms with van der Waals surface area (Å²) in [6.45, 7) is 1.93. The van der Waals surface area contributed by atoms with Crippen LogP contribution in [-0.2, 0) is 11.3 Å². The lowest BCUT2D eigenvalue weighted by molar-refractivity contribution is 0.0524. The van der Waals surface area contributed by atoms with E-state index in [1.165, 1.54) is 42.6 Å². The summed E-state index contributed by atoms with van der Waals surface area (Å²) < 4.78 is 48.0. The number of hydrogen-bond acceptors (Lipinski definition) is 5. The largest absolute Gasteiger partial charge is 0.462 e. The number of esters is 1. The molecule has 0 saturated carbocycles. The molecule has 0 radical (unpaired) electrons. The Hall–Kier alpha value is -5.31. The van der Waals surface area contributed by atoms with Gasteiger partial charge in [-0.3, -0.25) is 4.79 Å². The van der Waals surface area contributed by atoms with Gasteiger partial charge < -0.3 is 9.30 Å². The molecule has 0 bridgehead atoms. The van der Waals surface area contributed by atoms with Crippen molar-refractivity contribution in [3.8, 4) is 22.5 Å². The maximum Gasteiger partial charge on any atom is 0.343 e. The molecule has 208 valence electrons. The third-order valence-corrected chi connectivity index (χ3v) is 6.88. The molecule has 42 heavy (non-hydrogen) atoms. The number of hydrogen-bond donors (Lipinski definition) is 0. The molecule has 6 aromatic rings. The van der Waals surface area contributed by atoms with Crippen LogP contribution in [0.15, 0.2) is 95.9 Å². The molecule has 9 heteroatoms. The SMILES string of the molecule is CCOC(=O)c1cn(Cc2ccc(F)cc2)c2ccc3nc(-c4ccc(F)cc4)c(-c4ccc(F)cc4)nc3c2c1=O. The number of halogens is 3. The van der Waals surface area contributed by atoms with Gasteiger partial charge in [0.2, 0.25) is 5.43 Å².